The molecule has 1 unspecified atom stereocenters. The summed E-state index contributed by atoms with van der Waals surface area (Å²) in [5.74, 6) is 0.903. The summed E-state index contributed by atoms with van der Waals surface area (Å²) in [7, 11) is 1.93. The highest BCUT2D eigenvalue weighted by Gasteiger charge is 2.20. The maximum atomic E-state index is 5.73. The third-order valence-corrected chi connectivity index (χ3v) is 3.67. The molecule has 0 fully saturated rings. The predicted molar refractivity (Wildman–Crippen MR) is 79.7 cm³/mol. The van der Waals surface area contributed by atoms with E-state index >= 15 is 0 Å². The van der Waals surface area contributed by atoms with E-state index in [2.05, 4.69) is 40.3 Å². The van der Waals surface area contributed by atoms with Crippen molar-refractivity contribution < 1.29 is 9.15 Å². The number of furan rings is 1. The van der Waals surface area contributed by atoms with E-state index in [0.717, 1.165) is 21.5 Å². The predicted octanol–water partition coefficient (Wildman–Crippen LogP) is 4.06. The molecule has 0 radical (unpaired) electrons. The van der Waals surface area contributed by atoms with Gasteiger partial charge in [-0.2, -0.15) is 0 Å². The molecule has 0 aliphatic carbocycles. The normalized spacial score (nSPS) is 12.4. The van der Waals surface area contributed by atoms with Gasteiger partial charge in [-0.1, -0.05) is 17.7 Å². The molecular formula is C15H18BrNO2. The minimum Gasteiger partial charge on any atom is -0.494 e. The topological polar surface area (TPSA) is 34.4 Å². The lowest BCUT2D eigenvalue weighted by Gasteiger charge is -2.20. The number of ether oxygens (including phenoxy) is 1. The van der Waals surface area contributed by atoms with Crippen molar-refractivity contribution in [2.45, 2.75) is 19.9 Å². The summed E-state index contributed by atoms with van der Waals surface area (Å²) >= 11 is 3.44. The molecule has 0 saturated heterocycles. The third kappa shape index (κ3) is 3.01. The Bertz CT molecular complexity index is 551. The first-order chi connectivity index (χ1) is 9.17. The summed E-state index contributed by atoms with van der Waals surface area (Å²) in [6, 6.07) is 8.22. The third-order valence-electron chi connectivity index (χ3n) is 3.02. The van der Waals surface area contributed by atoms with E-state index in [1.807, 2.05) is 26.1 Å². The van der Waals surface area contributed by atoms with Crippen molar-refractivity contribution in [2.24, 2.45) is 0 Å². The second-order valence-corrected chi connectivity index (χ2v) is 5.07. The Labute approximate surface area is 122 Å². The molecule has 1 atom stereocenters. The molecule has 0 aliphatic heterocycles. The first-order valence-corrected chi connectivity index (χ1v) is 7.10. The standard InChI is InChI=1S/C15H18BrNO2/c1-4-18-13-6-5-10(2)9-12(13)14(17-3)11-7-8-19-15(11)16/h5-9,14,17H,4H2,1-3H3. The average molecular weight is 324 g/mol. The fourth-order valence-corrected chi connectivity index (χ4v) is 2.64. The van der Waals surface area contributed by atoms with Gasteiger partial charge in [0.2, 0.25) is 0 Å². The average Bonchev–Trinajstić information content (AvgIpc) is 2.80. The maximum Gasteiger partial charge on any atom is 0.174 e. The molecule has 0 spiro atoms. The monoisotopic (exact) mass is 323 g/mol. The van der Waals surface area contributed by atoms with Crippen LogP contribution in [-0.2, 0) is 0 Å². The molecule has 0 bridgehead atoms. The fraction of sp³-hybridized carbons (Fsp3) is 0.333. The summed E-state index contributed by atoms with van der Waals surface area (Å²) < 4.78 is 11.8. The second kappa shape index (κ2) is 6.26. The summed E-state index contributed by atoms with van der Waals surface area (Å²) in [5, 5.41) is 3.32. The Morgan fingerprint density at radius 1 is 1.32 bits per heavy atom. The lowest BCUT2D eigenvalue weighted by atomic mass is 9.98. The summed E-state index contributed by atoms with van der Waals surface area (Å²) in [4.78, 5) is 0. The fourth-order valence-electron chi connectivity index (χ4n) is 2.17. The number of nitrogens with one attached hydrogen (secondary N) is 1. The number of rotatable bonds is 5. The number of hydrogen-bond donors (Lipinski definition) is 1. The molecule has 0 saturated carbocycles. The van der Waals surface area contributed by atoms with E-state index in [-0.39, 0.29) is 6.04 Å². The van der Waals surface area contributed by atoms with E-state index in [1.165, 1.54) is 5.56 Å². The van der Waals surface area contributed by atoms with Crippen LogP contribution in [0.4, 0.5) is 0 Å². The lowest BCUT2D eigenvalue weighted by molar-refractivity contribution is 0.334. The van der Waals surface area contributed by atoms with Gasteiger partial charge in [-0.3, -0.25) is 0 Å². The molecule has 0 aliphatic rings. The van der Waals surface area contributed by atoms with Gasteiger partial charge in [0.15, 0.2) is 4.67 Å². The molecule has 2 rings (SSSR count). The Morgan fingerprint density at radius 3 is 2.68 bits per heavy atom. The van der Waals surface area contributed by atoms with E-state index in [9.17, 15) is 0 Å². The zero-order chi connectivity index (χ0) is 13.8. The molecule has 1 N–H and O–H groups in total. The largest absolute Gasteiger partial charge is 0.494 e. The van der Waals surface area contributed by atoms with Gasteiger partial charge in [0.25, 0.3) is 0 Å². The van der Waals surface area contributed by atoms with Crippen molar-refractivity contribution in [3.05, 3.63) is 51.9 Å². The van der Waals surface area contributed by atoms with Crippen molar-refractivity contribution in [2.75, 3.05) is 13.7 Å². The smallest absolute Gasteiger partial charge is 0.174 e. The highest BCUT2D eigenvalue weighted by molar-refractivity contribution is 9.10. The van der Waals surface area contributed by atoms with Gasteiger partial charge < -0.3 is 14.5 Å². The summed E-state index contributed by atoms with van der Waals surface area (Å²) in [6.07, 6.45) is 1.68. The Balaban J connectivity index is 2.48. The van der Waals surface area contributed by atoms with Crippen LogP contribution in [0.25, 0.3) is 0 Å². The molecular weight excluding hydrogens is 306 g/mol. The van der Waals surface area contributed by atoms with Crippen LogP contribution in [0.1, 0.15) is 29.7 Å². The molecule has 0 amide bonds. The molecule has 3 nitrogen and oxygen atoms in total. The van der Waals surface area contributed by atoms with Gasteiger partial charge in [0.05, 0.1) is 18.9 Å². The SMILES string of the molecule is CCOc1ccc(C)cc1C(NC)c1ccoc1Br. The molecule has 19 heavy (non-hydrogen) atoms. The van der Waals surface area contributed by atoms with E-state index in [4.69, 9.17) is 9.15 Å². The number of halogens is 1. The molecule has 1 aromatic carbocycles. The van der Waals surface area contributed by atoms with Crippen molar-refractivity contribution in [1.82, 2.24) is 5.32 Å². The number of aryl methyl sites for hydroxylation is 1. The quantitative estimate of drug-likeness (QED) is 0.901. The van der Waals surface area contributed by atoms with Gasteiger partial charge in [0, 0.05) is 11.1 Å². The Kier molecular flexibility index (Phi) is 4.66. The van der Waals surface area contributed by atoms with Crippen LogP contribution in [0.15, 0.2) is 39.6 Å². The van der Waals surface area contributed by atoms with Crippen LogP contribution in [0, 0.1) is 6.92 Å². The number of hydrogen-bond acceptors (Lipinski definition) is 3. The lowest BCUT2D eigenvalue weighted by Crippen LogP contribution is -2.18. The maximum absolute atomic E-state index is 5.73. The van der Waals surface area contributed by atoms with Crippen molar-refractivity contribution >= 4 is 15.9 Å². The van der Waals surface area contributed by atoms with Gasteiger partial charge >= 0.3 is 0 Å². The van der Waals surface area contributed by atoms with Crippen LogP contribution in [-0.4, -0.2) is 13.7 Å². The minimum atomic E-state index is 0.0366. The molecule has 4 heteroatoms. The Hall–Kier alpha value is -1.26. The van der Waals surface area contributed by atoms with E-state index in [0.29, 0.717) is 6.61 Å². The zero-order valence-corrected chi connectivity index (χ0v) is 13.0. The van der Waals surface area contributed by atoms with E-state index < -0.39 is 0 Å². The highest BCUT2D eigenvalue weighted by Crippen LogP contribution is 2.34. The Morgan fingerprint density at radius 2 is 2.11 bits per heavy atom. The van der Waals surface area contributed by atoms with Gasteiger partial charge in [0.1, 0.15) is 5.75 Å². The highest BCUT2D eigenvalue weighted by atomic mass is 79.9. The molecule has 1 heterocycles. The first-order valence-electron chi connectivity index (χ1n) is 6.30. The van der Waals surface area contributed by atoms with Gasteiger partial charge in [-0.05, 0) is 49.0 Å². The minimum absolute atomic E-state index is 0.0366. The van der Waals surface area contributed by atoms with Crippen LogP contribution in [0.5, 0.6) is 5.75 Å². The second-order valence-electron chi connectivity index (χ2n) is 4.35. The van der Waals surface area contributed by atoms with Gasteiger partial charge in [-0.25, -0.2) is 0 Å². The van der Waals surface area contributed by atoms with Crippen LogP contribution >= 0.6 is 15.9 Å². The first kappa shape index (κ1) is 14.2. The van der Waals surface area contributed by atoms with Gasteiger partial charge in [-0.15, -0.1) is 0 Å². The van der Waals surface area contributed by atoms with Crippen LogP contribution in [0.3, 0.4) is 0 Å². The number of benzene rings is 1. The van der Waals surface area contributed by atoms with Crippen molar-refractivity contribution in [3.63, 3.8) is 0 Å². The van der Waals surface area contributed by atoms with Crippen LogP contribution in [0.2, 0.25) is 0 Å². The molecule has 102 valence electrons. The molecule has 2 aromatic rings. The van der Waals surface area contributed by atoms with Crippen molar-refractivity contribution in [3.8, 4) is 5.75 Å². The zero-order valence-electron chi connectivity index (χ0n) is 11.4. The summed E-state index contributed by atoms with van der Waals surface area (Å²) in [6.45, 7) is 4.72. The van der Waals surface area contributed by atoms with E-state index in [1.54, 1.807) is 6.26 Å². The molecule has 1 aromatic heterocycles. The van der Waals surface area contributed by atoms with Crippen molar-refractivity contribution in [1.29, 1.82) is 0 Å². The summed E-state index contributed by atoms with van der Waals surface area (Å²) in [5.41, 5.74) is 3.39. The van der Waals surface area contributed by atoms with Crippen LogP contribution < -0.4 is 10.1 Å².